The van der Waals surface area contributed by atoms with Gasteiger partial charge in [0.25, 0.3) is 0 Å². The molecule has 5 nitrogen and oxygen atoms in total. The van der Waals surface area contributed by atoms with E-state index in [1.165, 1.54) is 0 Å². The molecule has 0 fully saturated rings. The van der Waals surface area contributed by atoms with Crippen LogP contribution in [0.1, 0.15) is 38.2 Å². The van der Waals surface area contributed by atoms with Gasteiger partial charge in [-0.15, -0.1) is 0 Å². The third kappa shape index (κ3) is 3.19. The van der Waals surface area contributed by atoms with Crippen LogP contribution in [0.5, 0.6) is 11.5 Å². The van der Waals surface area contributed by atoms with Crippen LogP contribution in [0.25, 0.3) is 0 Å². The fourth-order valence-corrected chi connectivity index (χ4v) is 5.21. The summed E-state index contributed by atoms with van der Waals surface area (Å²) in [7, 11) is 4.04. The van der Waals surface area contributed by atoms with Crippen LogP contribution in [0, 0.1) is 13.8 Å². The maximum atomic E-state index is 13.0. The number of carbonyl (C=O) groups is 1. The first-order valence-electron chi connectivity index (χ1n) is 11.7. The number of nitrogens with one attached hydrogen (secondary N) is 1. The summed E-state index contributed by atoms with van der Waals surface area (Å²) < 4.78 is 12.8. The molecular weight excluding hydrogens is 436 g/mol. The monoisotopic (exact) mass is 462 g/mol. The van der Waals surface area contributed by atoms with E-state index < -0.39 is 5.60 Å². The highest BCUT2D eigenvalue weighted by Crippen LogP contribution is 2.57. The first kappa shape index (κ1) is 21.3. The Morgan fingerprint density at radius 3 is 2.31 bits per heavy atom. The Hall–Kier alpha value is -4.25. The molecule has 0 saturated heterocycles. The van der Waals surface area contributed by atoms with Gasteiger partial charge in [-0.2, -0.15) is 0 Å². The second-order valence-electron chi connectivity index (χ2n) is 9.45. The topological polar surface area (TPSA) is 50.8 Å². The molecule has 2 aliphatic rings. The van der Waals surface area contributed by atoms with Crippen molar-refractivity contribution in [2.45, 2.75) is 19.4 Å². The summed E-state index contributed by atoms with van der Waals surface area (Å²) in [6.07, 6.45) is 0. The summed E-state index contributed by atoms with van der Waals surface area (Å²) in [5.74, 6) is 1.09. The van der Waals surface area contributed by atoms with Gasteiger partial charge in [0.2, 0.25) is 0 Å². The minimum absolute atomic E-state index is 0.318. The third-order valence-electron chi connectivity index (χ3n) is 6.82. The van der Waals surface area contributed by atoms with Crippen molar-refractivity contribution in [3.63, 3.8) is 0 Å². The Bertz CT molecular complexity index is 1490. The van der Waals surface area contributed by atoms with E-state index in [1.807, 2.05) is 82.5 Å². The standard InChI is InChI=1S/C30H26N2O3/c1-18-15-19(2)28-26(16-18)30(24-8-6-5-7-23(24)29(33)35-30)25-14-11-21(17-27(25)34-28)31-20-9-12-22(13-10-20)32(3)4/h5-17,31H,1-4H3. The lowest BCUT2D eigenvalue weighted by Gasteiger charge is -2.37. The van der Waals surface area contributed by atoms with Gasteiger partial charge in [-0.05, 0) is 67.9 Å². The Labute approximate surface area is 204 Å². The molecule has 0 radical (unpaired) electrons. The van der Waals surface area contributed by atoms with Gasteiger partial charge in [0.05, 0.1) is 5.56 Å². The van der Waals surface area contributed by atoms with Gasteiger partial charge in [-0.25, -0.2) is 4.79 Å². The third-order valence-corrected chi connectivity index (χ3v) is 6.82. The molecule has 0 amide bonds. The smallest absolute Gasteiger partial charge is 0.340 e. The van der Waals surface area contributed by atoms with E-state index in [0.717, 1.165) is 50.6 Å². The number of anilines is 3. The van der Waals surface area contributed by atoms with Crippen molar-refractivity contribution >= 4 is 23.0 Å². The van der Waals surface area contributed by atoms with E-state index >= 15 is 0 Å². The number of ether oxygens (including phenoxy) is 2. The predicted octanol–water partition coefficient (Wildman–Crippen LogP) is 6.68. The Balaban J connectivity index is 1.50. The molecule has 5 heteroatoms. The summed E-state index contributed by atoms with van der Waals surface area (Å²) in [6, 6.07) is 26.0. The molecule has 4 aromatic carbocycles. The van der Waals surface area contributed by atoms with Gasteiger partial charge in [-0.3, -0.25) is 0 Å². The van der Waals surface area contributed by atoms with Gasteiger partial charge in [0.15, 0.2) is 5.60 Å². The van der Waals surface area contributed by atoms with Crippen LogP contribution in [-0.2, 0) is 10.3 Å². The molecule has 2 heterocycles. The average molecular weight is 463 g/mol. The predicted molar refractivity (Wildman–Crippen MR) is 138 cm³/mol. The minimum atomic E-state index is -1.04. The Kier molecular flexibility index (Phi) is 4.65. The Morgan fingerprint density at radius 2 is 1.54 bits per heavy atom. The second kappa shape index (κ2) is 7.64. The number of benzene rings is 4. The highest BCUT2D eigenvalue weighted by atomic mass is 16.6. The van der Waals surface area contributed by atoms with Gasteiger partial charge in [0, 0.05) is 53.9 Å². The molecule has 1 spiro atoms. The maximum absolute atomic E-state index is 13.0. The van der Waals surface area contributed by atoms with Gasteiger partial charge in [0.1, 0.15) is 11.5 Å². The summed E-state index contributed by atoms with van der Waals surface area (Å²) in [5.41, 5.74) is 7.18. The van der Waals surface area contributed by atoms with E-state index in [4.69, 9.17) is 9.47 Å². The van der Waals surface area contributed by atoms with Gasteiger partial charge in [-0.1, -0.05) is 29.8 Å². The molecule has 1 N–H and O–H groups in total. The quantitative estimate of drug-likeness (QED) is 0.344. The van der Waals surface area contributed by atoms with E-state index in [9.17, 15) is 4.79 Å². The molecule has 35 heavy (non-hydrogen) atoms. The number of nitrogens with zero attached hydrogens (tertiary/aromatic N) is 1. The zero-order valence-corrected chi connectivity index (χ0v) is 20.2. The van der Waals surface area contributed by atoms with Crippen molar-refractivity contribution < 1.29 is 14.3 Å². The fraction of sp³-hybridized carbons (Fsp3) is 0.167. The fourth-order valence-electron chi connectivity index (χ4n) is 5.21. The molecule has 0 saturated carbocycles. The largest absolute Gasteiger partial charge is 0.456 e. The first-order valence-corrected chi connectivity index (χ1v) is 11.7. The zero-order chi connectivity index (χ0) is 24.3. The molecule has 1 unspecified atom stereocenters. The van der Waals surface area contributed by atoms with E-state index in [2.05, 4.69) is 34.5 Å². The van der Waals surface area contributed by atoms with E-state index in [1.54, 1.807) is 0 Å². The number of carbonyl (C=O) groups excluding carboxylic acids is 1. The Morgan fingerprint density at radius 1 is 0.800 bits per heavy atom. The average Bonchev–Trinajstić information content (AvgIpc) is 3.13. The van der Waals surface area contributed by atoms with Crippen LogP contribution in [0.4, 0.5) is 17.1 Å². The molecule has 174 valence electrons. The van der Waals surface area contributed by atoms with Crippen LogP contribution >= 0.6 is 0 Å². The molecule has 4 aromatic rings. The minimum Gasteiger partial charge on any atom is -0.456 e. The molecule has 6 rings (SSSR count). The normalized spacial score (nSPS) is 17.2. The summed E-state index contributed by atoms with van der Waals surface area (Å²) >= 11 is 0. The van der Waals surface area contributed by atoms with Crippen molar-refractivity contribution in [2.75, 3.05) is 24.3 Å². The number of hydrogen-bond donors (Lipinski definition) is 1. The summed E-state index contributed by atoms with van der Waals surface area (Å²) in [6.45, 7) is 4.08. The lowest BCUT2D eigenvalue weighted by Crippen LogP contribution is -2.33. The van der Waals surface area contributed by atoms with E-state index in [-0.39, 0.29) is 5.97 Å². The molecule has 2 aliphatic heterocycles. The van der Waals surface area contributed by atoms with Crippen LogP contribution in [0.15, 0.2) is 78.9 Å². The molecule has 0 aromatic heterocycles. The summed E-state index contributed by atoms with van der Waals surface area (Å²) in [5, 5.41) is 3.47. The van der Waals surface area contributed by atoms with Crippen molar-refractivity contribution in [1.29, 1.82) is 0 Å². The number of aryl methyl sites for hydroxylation is 2. The molecular formula is C30H26N2O3. The first-order chi connectivity index (χ1) is 16.9. The molecule has 0 bridgehead atoms. The van der Waals surface area contributed by atoms with Crippen LogP contribution < -0.4 is 15.0 Å². The zero-order valence-electron chi connectivity index (χ0n) is 20.2. The van der Waals surface area contributed by atoms with Gasteiger partial charge < -0.3 is 19.7 Å². The SMILES string of the molecule is Cc1cc(C)c2c(c1)C1(OC(=O)c3ccccc31)c1ccc(Nc3ccc(N(C)C)cc3)cc1O2. The number of fused-ring (bicyclic) bond motifs is 6. The van der Waals surface area contributed by atoms with Crippen LogP contribution in [0.3, 0.4) is 0 Å². The highest BCUT2D eigenvalue weighted by Gasteiger charge is 2.53. The number of hydrogen-bond acceptors (Lipinski definition) is 5. The van der Waals surface area contributed by atoms with Crippen LogP contribution in [-0.4, -0.2) is 20.1 Å². The van der Waals surface area contributed by atoms with Crippen molar-refractivity contribution in [1.82, 2.24) is 0 Å². The number of esters is 1. The van der Waals surface area contributed by atoms with Gasteiger partial charge >= 0.3 is 5.97 Å². The van der Waals surface area contributed by atoms with Crippen molar-refractivity contribution in [3.05, 3.63) is 112 Å². The second-order valence-corrected chi connectivity index (χ2v) is 9.45. The van der Waals surface area contributed by atoms with Crippen LogP contribution in [0.2, 0.25) is 0 Å². The summed E-state index contributed by atoms with van der Waals surface area (Å²) in [4.78, 5) is 15.1. The maximum Gasteiger partial charge on any atom is 0.340 e. The lowest BCUT2D eigenvalue weighted by atomic mass is 9.76. The molecule has 1 atom stereocenters. The number of rotatable bonds is 3. The van der Waals surface area contributed by atoms with Crippen molar-refractivity contribution in [2.24, 2.45) is 0 Å². The van der Waals surface area contributed by atoms with Crippen molar-refractivity contribution in [3.8, 4) is 11.5 Å². The molecule has 0 aliphatic carbocycles. The highest BCUT2D eigenvalue weighted by molar-refractivity contribution is 5.97. The lowest BCUT2D eigenvalue weighted by molar-refractivity contribution is 0.0224. The van der Waals surface area contributed by atoms with E-state index in [0.29, 0.717) is 11.3 Å².